The Morgan fingerprint density at radius 2 is 0.933 bits per heavy atom. The third kappa shape index (κ3) is 4.16. The summed E-state index contributed by atoms with van der Waals surface area (Å²) in [5, 5.41) is 11.0. The van der Waals surface area contributed by atoms with E-state index >= 15 is 0 Å². The van der Waals surface area contributed by atoms with Crippen molar-refractivity contribution in [2.24, 2.45) is 0 Å². The number of anilines is 2. The molecule has 60 heavy (non-hydrogen) atoms. The Hall–Kier alpha value is -7.02. The van der Waals surface area contributed by atoms with Crippen LogP contribution in [-0.4, -0.2) is 23.1 Å². The van der Waals surface area contributed by atoms with Crippen LogP contribution >= 0.6 is 0 Å². The topological polar surface area (TPSA) is 41.1 Å². The largest absolute Gasteiger partial charge is 0.326 e. The van der Waals surface area contributed by atoms with Gasteiger partial charge in [-0.3, -0.25) is 0 Å². The van der Waals surface area contributed by atoms with Crippen LogP contribution in [0, 0.1) is 17.9 Å². The van der Waals surface area contributed by atoms with Gasteiger partial charge in [0.1, 0.15) is 0 Å². The first-order valence-corrected chi connectivity index (χ1v) is 21.7. The molecule has 0 saturated heterocycles. The summed E-state index contributed by atoms with van der Waals surface area (Å²) in [4.78, 5) is 14.9. The second-order valence-corrected chi connectivity index (χ2v) is 17.5. The molecule has 3 aliphatic heterocycles. The lowest BCUT2D eigenvalue weighted by atomic mass is 9.67. The number of rotatable bonds is 0. The van der Waals surface area contributed by atoms with E-state index in [-0.39, 0.29) is 0 Å². The van der Waals surface area contributed by atoms with E-state index in [1.165, 1.54) is 67.3 Å². The Bertz CT molecular complexity index is 2820. The lowest BCUT2D eigenvalue weighted by Crippen LogP contribution is -2.57. The molecule has 0 unspecified atom stereocenters. The van der Waals surface area contributed by atoms with Gasteiger partial charge >= 0.3 is 0 Å². The second-order valence-electron chi connectivity index (χ2n) is 17.5. The Labute approximate surface area is 351 Å². The van der Waals surface area contributed by atoms with E-state index in [1.807, 2.05) is 0 Å². The quantitative estimate of drug-likeness (QED) is 0.144. The van der Waals surface area contributed by atoms with Crippen molar-refractivity contribution < 1.29 is 0 Å². The van der Waals surface area contributed by atoms with Gasteiger partial charge in [-0.15, -0.1) is 0 Å². The number of hydrogen-bond donors (Lipinski definition) is 0. The molecule has 6 aromatic rings. The van der Waals surface area contributed by atoms with E-state index in [0.29, 0.717) is 24.6 Å². The predicted octanol–water partition coefficient (Wildman–Crippen LogP) is 12.1. The third-order valence-corrected chi connectivity index (χ3v) is 14.9. The highest BCUT2D eigenvalue weighted by atomic mass is 15.5. The summed E-state index contributed by atoms with van der Waals surface area (Å²) in [5.41, 5.74) is 19.7. The fraction of sp³-hybridized carbons (Fsp3) is 0.222. The molecule has 6 aromatic carbocycles. The number of nitrogens with zero attached hydrogens (tertiary/aromatic N) is 6. The van der Waals surface area contributed by atoms with E-state index in [1.54, 1.807) is 0 Å². The maximum Gasteiger partial charge on any atom is 0.189 e. The first kappa shape index (κ1) is 33.9. The van der Waals surface area contributed by atoms with E-state index in [9.17, 15) is 5.26 Å². The zero-order chi connectivity index (χ0) is 39.7. The van der Waals surface area contributed by atoms with E-state index in [2.05, 4.69) is 164 Å². The molecule has 3 heterocycles. The number of fused-ring (bicyclic) bond motifs is 28. The van der Waals surface area contributed by atoms with Crippen molar-refractivity contribution in [2.45, 2.75) is 62.4 Å². The highest BCUT2D eigenvalue weighted by Crippen LogP contribution is 2.62. The summed E-state index contributed by atoms with van der Waals surface area (Å²) >= 11 is 0. The minimum absolute atomic E-state index is 0.614. The van der Waals surface area contributed by atoms with Crippen molar-refractivity contribution in [2.75, 3.05) is 23.1 Å². The first-order chi connectivity index (χ1) is 29.6. The molecule has 0 N–H and O–H groups in total. The van der Waals surface area contributed by atoms with Crippen LogP contribution in [0.4, 0.5) is 17.1 Å². The summed E-state index contributed by atoms with van der Waals surface area (Å²) in [6.07, 6.45) is 8.56. The van der Waals surface area contributed by atoms with Crippen molar-refractivity contribution in [1.29, 1.82) is 5.26 Å². The Morgan fingerprint density at radius 3 is 1.43 bits per heavy atom. The average Bonchev–Trinajstić information content (AvgIpc) is 4.05. The van der Waals surface area contributed by atoms with Gasteiger partial charge in [-0.05, 0) is 126 Å². The van der Waals surface area contributed by atoms with Crippen molar-refractivity contribution in [3.63, 3.8) is 0 Å². The van der Waals surface area contributed by atoms with Gasteiger partial charge < -0.3 is 19.6 Å². The molecule has 288 valence electrons. The summed E-state index contributed by atoms with van der Waals surface area (Å²) in [5.74, 6) is 0. The number of benzene rings is 6. The summed E-state index contributed by atoms with van der Waals surface area (Å²) < 4.78 is 0. The zero-order valence-electron chi connectivity index (χ0n) is 33.5. The molecule has 6 heteroatoms. The van der Waals surface area contributed by atoms with Gasteiger partial charge in [-0.25, -0.2) is 4.85 Å². The van der Waals surface area contributed by atoms with Crippen LogP contribution in [0.25, 0.3) is 27.1 Å². The first-order valence-electron chi connectivity index (χ1n) is 21.7. The standard InChI is InChI=1S/C54H42N6/c1-56-38-28-37-30-40(31-38)58-34-60(52-25-13-11-23-50(52)58)54(47-20-8-4-16-43(47)44-17-5-9-21-48(44)54)59-33-57(49-22-10-12-24-51(49)59)39-27-35(32-55)26-36(29-39)53(37)45-18-6-2-14-41(45)42-15-3-7-19-46(42)53/h2-9,14-21,26-31H,10-13,22-25,33-34H2. The third-order valence-electron chi connectivity index (χ3n) is 14.9. The van der Waals surface area contributed by atoms with Crippen LogP contribution < -0.4 is 9.80 Å². The molecule has 0 fully saturated rings. The lowest BCUT2D eigenvalue weighted by molar-refractivity contribution is 0.0264. The normalized spacial score (nSPS) is 19.3. The van der Waals surface area contributed by atoms with Gasteiger partial charge in [-0.2, -0.15) is 5.26 Å². The minimum Gasteiger partial charge on any atom is -0.326 e. The van der Waals surface area contributed by atoms with Gasteiger partial charge in [0.15, 0.2) is 11.4 Å². The molecule has 2 spiro atoms. The summed E-state index contributed by atoms with van der Waals surface area (Å²) in [6, 6.07) is 51.8. The summed E-state index contributed by atoms with van der Waals surface area (Å²) in [7, 11) is 0. The molecule has 7 aliphatic rings. The molecule has 0 amide bonds. The highest BCUT2D eigenvalue weighted by molar-refractivity contribution is 5.88. The van der Waals surface area contributed by atoms with Crippen molar-refractivity contribution in [3.05, 3.63) is 207 Å². The van der Waals surface area contributed by atoms with Gasteiger partial charge in [0.05, 0.1) is 37.0 Å². The van der Waals surface area contributed by atoms with Crippen LogP contribution in [-0.2, 0) is 11.1 Å². The minimum atomic E-state index is -0.773. The van der Waals surface area contributed by atoms with E-state index in [4.69, 9.17) is 6.57 Å². The fourth-order valence-corrected chi connectivity index (χ4v) is 12.6. The van der Waals surface area contributed by atoms with Gasteiger partial charge in [0.25, 0.3) is 0 Å². The molecule has 0 aromatic heterocycles. The van der Waals surface area contributed by atoms with Crippen molar-refractivity contribution >= 4 is 17.1 Å². The second kappa shape index (κ2) is 12.3. The molecular formula is C54H42N6. The van der Waals surface area contributed by atoms with Gasteiger partial charge in [0.2, 0.25) is 0 Å². The van der Waals surface area contributed by atoms with Crippen LogP contribution in [0.2, 0.25) is 0 Å². The van der Waals surface area contributed by atoms with Crippen LogP contribution in [0.5, 0.6) is 0 Å². The Kier molecular flexibility index (Phi) is 6.93. The molecule has 8 bridgehead atoms. The van der Waals surface area contributed by atoms with Crippen LogP contribution in [0.15, 0.2) is 156 Å². The molecule has 4 aliphatic carbocycles. The summed E-state index contributed by atoms with van der Waals surface area (Å²) in [6.45, 7) is 9.95. The molecule has 0 saturated carbocycles. The number of hydrogen-bond acceptors (Lipinski definition) is 5. The average molecular weight is 775 g/mol. The molecular weight excluding hydrogens is 733 g/mol. The van der Waals surface area contributed by atoms with E-state index < -0.39 is 11.1 Å². The Morgan fingerprint density at radius 1 is 0.500 bits per heavy atom. The van der Waals surface area contributed by atoms with Gasteiger partial charge in [0, 0.05) is 45.3 Å². The maximum atomic E-state index is 11.0. The van der Waals surface area contributed by atoms with E-state index in [0.717, 1.165) is 73.9 Å². The smallest absolute Gasteiger partial charge is 0.189 e. The number of allylic oxidation sites excluding steroid dienone is 4. The highest BCUT2D eigenvalue weighted by Gasteiger charge is 2.58. The van der Waals surface area contributed by atoms with Crippen molar-refractivity contribution in [1.82, 2.24) is 9.80 Å². The molecule has 6 nitrogen and oxygen atoms in total. The maximum absolute atomic E-state index is 11.0. The molecule has 0 atom stereocenters. The lowest BCUT2D eigenvalue weighted by Gasteiger charge is -2.51. The fourth-order valence-electron chi connectivity index (χ4n) is 12.6. The van der Waals surface area contributed by atoms with Crippen molar-refractivity contribution in [3.8, 4) is 28.3 Å². The van der Waals surface area contributed by atoms with Crippen LogP contribution in [0.3, 0.4) is 0 Å². The van der Waals surface area contributed by atoms with Crippen LogP contribution in [0.1, 0.15) is 90.3 Å². The zero-order valence-corrected chi connectivity index (χ0v) is 33.5. The predicted molar refractivity (Wildman–Crippen MR) is 237 cm³/mol. The Balaban J connectivity index is 1.19. The molecule has 13 rings (SSSR count). The van der Waals surface area contributed by atoms with Gasteiger partial charge in [-0.1, -0.05) is 103 Å². The number of nitriles is 1. The molecule has 0 radical (unpaired) electrons. The SMILES string of the molecule is [C-]#[N+]c1cc2cc(c1)C1(c3cc(C#N)cc(c3)N3CN(C4=C3CCCC4)C3(c4ccccc4-c4ccccc43)N3CN2C2=C3CCCC2)c2ccccc2-c2ccccc21. The monoisotopic (exact) mass is 774 g/mol.